The number of H-pyrrole nitrogens is 1. The number of hydrogen-bond donors (Lipinski definition) is 2. The maximum atomic E-state index is 12.4. The highest BCUT2D eigenvalue weighted by atomic mass is 16.5. The molecule has 0 aliphatic rings. The van der Waals surface area contributed by atoms with Gasteiger partial charge in [-0.05, 0) is 37.1 Å². The van der Waals surface area contributed by atoms with Crippen LogP contribution in [0.4, 0.5) is 0 Å². The lowest BCUT2D eigenvalue weighted by Crippen LogP contribution is -2.27. The average molecular weight is 422 g/mol. The highest BCUT2D eigenvalue weighted by molar-refractivity contribution is 5.76. The van der Waals surface area contributed by atoms with Gasteiger partial charge in [0.1, 0.15) is 5.69 Å². The monoisotopic (exact) mass is 422 g/mol. The van der Waals surface area contributed by atoms with Gasteiger partial charge in [0.15, 0.2) is 17.3 Å². The van der Waals surface area contributed by atoms with E-state index in [0.29, 0.717) is 36.0 Å². The molecule has 2 aromatic carbocycles. The second-order valence-electron chi connectivity index (χ2n) is 6.83. The molecule has 8 heteroatoms. The number of aryl methyl sites for hydroxylation is 1. The van der Waals surface area contributed by atoms with Crippen molar-refractivity contribution in [2.45, 2.75) is 26.2 Å². The third kappa shape index (κ3) is 6.15. The molecule has 0 aliphatic carbocycles. The predicted molar refractivity (Wildman–Crippen MR) is 117 cm³/mol. The number of nitrogens with one attached hydrogen (secondary N) is 2. The number of hydrogen-bond acceptors (Lipinski definition) is 6. The molecule has 0 fully saturated rings. The SMILES string of the molecule is CCOc1ccc(-c2nnc(CCC(=O)NCCc3ccccc3)c(=O)[nH]2)cc1OC. The number of aromatic amines is 1. The van der Waals surface area contributed by atoms with E-state index >= 15 is 0 Å². The van der Waals surface area contributed by atoms with Crippen LogP contribution in [-0.4, -0.2) is 41.3 Å². The zero-order valence-corrected chi connectivity index (χ0v) is 17.7. The number of benzene rings is 2. The Kier molecular flexibility index (Phi) is 7.75. The van der Waals surface area contributed by atoms with Crippen molar-refractivity contribution in [2.24, 2.45) is 0 Å². The zero-order valence-electron chi connectivity index (χ0n) is 17.7. The van der Waals surface area contributed by atoms with Crippen LogP contribution in [0, 0.1) is 0 Å². The fraction of sp³-hybridized carbons (Fsp3) is 0.304. The van der Waals surface area contributed by atoms with Crippen molar-refractivity contribution in [1.82, 2.24) is 20.5 Å². The topological polar surface area (TPSA) is 106 Å². The molecule has 162 valence electrons. The van der Waals surface area contributed by atoms with Crippen molar-refractivity contribution in [3.63, 3.8) is 0 Å². The van der Waals surface area contributed by atoms with Crippen LogP contribution in [0.25, 0.3) is 11.4 Å². The Morgan fingerprint density at radius 1 is 1.06 bits per heavy atom. The Balaban J connectivity index is 1.57. The lowest BCUT2D eigenvalue weighted by atomic mass is 10.1. The average Bonchev–Trinajstić information content (AvgIpc) is 2.79. The van der Waals surface area contributed by atoms with Crippen molar-refractivity contribution in [2.75, 3.05) is 20.3 Å². The minimum atomic E-state index is -0.366. The van der Waals surface area contributed by atoms with Gasteiger partial charge in [-0.25, -0.2) is 0 Å². The summed E-state index contributed by atoms with van der Waals surface area (Å²) in [7, 11) is 1.55. The fourth-order valence-corrected chi connectivity index (χ4v) is 3.05. The van der Waals surface area contributed by atoms with E-state index in [1.165, 1.54) is 0 Å². The number of carbonyl (C=O) groups is 1. The highest BCUT2D eigenvalue weighted by Crippen LogP contribution is 2.30. The molecule has 0 spiro atoms. The van der Waals surface area contributed by atoms with E-state index in [0.717, 1.165) is 12.0 Å². The summed E-state index contributed by atoms with van der Waals surface area (Å²) in [5, 5.41) is 11.0. The van der Waals surface area contributed by atoms with Crippen LogP contribution in [0.3, 0.4) is 0 Å². The molecule has 0 saturated heterocycles. The van der Waals surface area contributed by atoms with Crippen LogP contribution >= 0.6 is 0 Å². The van der Waals surface area contributed by atoms with Crippen molar-refractivity contribution in [3.05, 3.63) is 70.1 Å². The second-order valence-corrected chi connectivity index (χ2v) is 6.83. The molecule has 1 heterocycles. The Bertz CT molecular complexity index is 1070. The lowest BCUT2D eigenvalue weighted by Gasteiger charge is -2.10. The number of carbonyl (C=O) groups excluding carboxylic acids is 1. The standard InChI is InChI=1S/C23H26N4O4/c1-3-31-19-11-9-17(15-20(19)30-2)22-25-23(29)18(26-27-22)10-12-21(28)24-14-13-16-7-5-4-6-8-16/h4-9,11,15H,3,10,12-14H2,1-2H3,(H,24,28)(H,25,27,29). The van der Waals surface area contributed by atoms with E-state index in [2.05, 4.69) is 20.5 Å². The number of rotatable bonds is 10. The minimum Gasteiger partial charge on any atom is -0.493 e. The van der Waals surface area contributed by atoms with E-state index in [-0.39, 0.29) is 30.0 Å². The number of ether oxygens (including phenoxy) is 2. The van der Waals surface area contributed by atoms with Crippen molar-refractivity contribution < 1.29 is 14.3 Å². The van der Waals surface area contributed by atoms with Gasteiger partial charge in [-0.15, -0.1) is 10.2 Å². The summed E-state index contributed by atoms with van der Waals surface area (Å²) >= 11 is 0. The van der Waals surface area contributed by atoms with Gasteiger partial charge in [0, 0.05) is 24.9 Å². The lowest BCUT2D eigenvalue weighted by molar-refractivity contribution is -0.121. The van der Waals surface area contributed by atoms with E-state index in [1.54, 1.807) is 25.3 Å². The van der Waals surface area contributed by atoms with Gasteiger partial charge < -0.3 is 19.8 Å². The Morgan fingerprint density at radius 3 is 2.58 bits per heavy atom. The number of nitrogens with zero attached hydrogens (tertiary/aromatic N) is 2. The summed E-state index contributed by atoms with van der Waals surface area (Å²) in [4.78, 5) is 27.2. The van der Waals surface area contributed by atoms with Crippen molar-refractivity contribution in [1.29, 1.82) is 0 Å². The van der Waals surface area contributed by atoms with E-state index in [1.807, 2.05) is 37.3 Å². The Labute approximate surface area is 180 Å². The van der Waals surface area contributed by atoms with Gasteiger partial charge in [-0.3, -0.25) is 9.59 Å². The Morgan fingerprint density at radius 2 is 1.87 bits per heavy atom. The molecule has 0 unspecified atom stereocenters. The summed E-state index contributed by atoms with van der Waals surface area (Å²) in [6, 6.07) is 15.2. The highest BCUT2D eigenvalue weighted by Gasteiger charge is 2.12. The van der Waals surface area contributed by atoms with Crippen LogP contribution in [0.2, 0.25) is 0 Å². The number of amides is 1. The Hall–Kier alpha value is -3.68. The second kappa shape index (κ2) is 10.9. The van der Waals surface area contributed by atoms with Crippen molar-refractivity contribution >= 4 is 5.91 Å². The maximum absolute atomic E-state index is 12.4. The molecule has 2 N–H and O–H groups in total. The first-order chi connectivity index (χ1) is 15.1. The van der Waals surface area contributed by atoms with Crippen molar-refractivity contribution in [3.8, 4) is 22.9 Å². The number of aromatic nitrogens is 3. The maximum Gasteiger partial charge on any atom is 0.273 e. The molecule has 3 aromatic rings. The first kappa shape index (κ1) is 22.0. The molecule has 3 rings (SSSR count). The molecule has 1 amide bonds. The summed E-state index contributed by atoms with van der Waals surface area (Å²) in [6.07, 6.45) is 1.14. The number of methoxy groups -OCH3 is 1. The van der Waals surface area contributed by atoms with Gasteiger partial charge in [-0.1, -0.05) is 30.3 Å². The molecule has 0 saturated carbocycles. The van der Waals surface area contributed by atoms with E-state index in [4.69, 9.17) is 9.47 Å². The summed E-state index contributed by atoms with van der Waals surface area (Å²) in [5.74, 6) is 1.34. The van der Waals surface area contributed by atoms with Crippen LogP contribution in [0.1, 0.15) is 24.6 Å². The van der Waals surface area contributed by atoms with Gasteiger partial charge in [0.25, 0.3) is 5.56 Å². The summed E-state index contributed by atoms with van der Waals surface area (Å²) < 4.78 is 10.8. The first-order valence-electron chi connectivity index (χ1n) is 10.2. The molecular formula is C23H26N4O4. The molecule has 0 radical (unpaired) electrons. The molecular weight excluding hydrogens is 396 g/mol. The molecule has 8 nitrogen and oxygen atoms in total. The summed E-state index contributed by atoms with van der Waals surface area (Å²) in [6.45, 7) is 2.95. The van der Waals surface area contributed by atoms with Crippen LogP contribution in [0.5, 0.6) is 11.5 Å². The molecule has 0 bridgehead atoms. The fourth-order valence-electron chi connectivity index (χ4n) is 3.05. The first-order valence-corrected chi connectivity index (χ1v) is 10.2. The molecule has 0 aliphatic heterocycles. The predicted octanol–water partition coefficient (Wildman–Crippen LogP) is 2.53. The van der Waals surface area contributed by atoms with Gasteiger partial charge in [0.05, 0.1) is 13.7 Å². The van der Waals surface area contributed by atoms with E-state index in [9.17, 15) is 9.59 Å². The normalized spacial score (nSPS) is 10.5. The zero-order chi connectivity index (χ0) is 22.1. The van der Waals surface area contributed by atoms with Crippen LogP contribution < -0.4 is 20.3 Å². The van der Waals surface area contributed by atoms with Crippen LogP contribution in [0.15, 0.2) is 53.3 Å². The molecule has 31 heavy (non-hydrogen) atoms. The van der Waals surface area contributed by atoms with E-state index < -0.39 is 0 Å². The van der Waals surface area contributed by atoms with Crippen LogP contribution in [-0.2, 0) is 17.6 Å². The smallest absolute Gasteiger partial charge is 0.273 e. The third-order valence-corrected chi connectivity index (χ3v) is 4.67. The summed E-state index contributed by atoms with van der Waals surface area (Å²) in [5.41, 5.74) is 1.66. The third-order valence-electron chi connectivity index (χ3n) is 4.67. The van der Waals surface area contributed by atoms with Gasteiger partial charge >= 0.3 is 0 Å². The molecule has 0 atom stereocenters. The minimum absolute atomic E-state index is 0.127. The quantitative estimate of drug-likeness (QED) is 0.520. The van der Waals surface area contributed by atoms with Gasteiger partial charge in [0.2, 0.25) is 5.91 Å². The molecule has 1 aromatic heterocycles. The largest absolute Gasteiger partial charge is 0.493 e. The van der Waals surface area contributed by atoms with Gasteiger partial charge in [-0.2, -0.15) is 0 Å².